The van der Waals surface area contributed by atoms with Crippen molar-refractivity contribution in [3.8, 4) is 5.75 Å². The third-order valence-electron chi connectivity index (χ3n) is 3.79. The number of benzene rings is 1. The molecule has 134 valence electrons. The fraction of sp³-hybridized carbons (Fsp3) is 0.529. The number of nitrogens with one attached hydrogen (secondary N) is 2. The number of hydrogen-bond donors (Lipinski definition) is 2. The van der Waals surface area contributed by atoms with Gasteiger partial charge in [-0.15, -0.1) is 24.0 Å². The fourth-order valence-corrected chi connectivity index (χ4v) is 2.48. The van der Waals surface area contributed by atoms with E-state index in [1.54, 1.807) is 7.11 Å². The van der Waals surface area contributed by atoms with Crippen LogP contribution in [0, 0.1) is 0 Å². The molecule has 1 saturated heterocycles. The summed E-state index contributed by atoms with van der Waals surface area (Å²) in [5.41, 5.74) is 1.09. The summed E-state index contributed by atoms with van der Waals surface area (Å²) in [5.74, 6) is 1.63. The Hall–Kier alpha value is -1.51. The number of amides is 1. The first-order valence-corrected chi connectivity index (χ1v) is 8.16. The van der Waals surface area contributed by atoms with Crippen LogP contribution in [0.1, 0.15) is 25.3 Å². The van der Waals surface area contributed by atoms with Gasteiger partial charge in [0, 0.05) is 19.6 Å². The Labute approximate surface area is 161 Å². The molecule has 2 rings (SSSR count). The molecular weight excluding hydrogens is 419 g/mol. The molecule has 0 aliphatic carbocycles. The number of rotatable bonds is 6. The number of carbonyl (C=O) groups excluding carboxylic acids is 1. The summed E-state index contributed by atoms with van der Waals surface area (Å²) in [6.07, 6.45) is 2.22. The van der Waals surface area contributed by atoms with Crippen molar-refractivity contribution in [2.75, 3.05) is 33.3 Å². The van der Waals surface area contributed by atoms with Crippen LogP contribution < -0.4 is 15.4 Å². The molecule has 0 atom stereocenters. The Morgan fingerprint density at radius 2 is 1.88 bits per heavy atom. The molecule has 0 saturated carbocycles. The number of guanidine groups is 1. The highest BCUT2D eigenvalue weighted by Crippen LogP contribution is 2.11. The summed E-state index contributed by atoms with van der Waals surface area (Å²) < 4.78 is 5.14. The first kappa shape index (κ1) is 20.5. The first-order chi connectivity index (χ1) is 11.2. The lowest BCUT2D eigenvalue weighted by Crippen LogP contribution is -2.44. The van der Waals surface area contributed by atoms with Crippen LogP contribution in [-0.4, -0.2) is 50.1 Å². The summed E-state index contributed by atoms with van der Waals surface area (Å²) in [6.45, 7) is 5.35. The number of halogens is 1. The Balaban J connectivity index is 0.00000288. The third kappa shape index (κ3) is 6.54. The molecular formula is C17H27IN4O2. The second-order valence-electron chi connectivity index (χ2n) is 5.48. The Morgan fingerprint density at radius 1 is 1.21 bits per heavy atom. The smallest absolute Gasteiger partial charge is 0.241 e. The highest BCUT2D eigenvalue weighted by atomic mass is 127. The zero-order chi connectivity index (χ0) is 16.5. The average Bonchev–Trinajstić information content (AvgIpc) is 3.12. The lowest BCUT2D eigenvalue weighted by Gasteiger charge is -2.17. The molecule has 0 unspecified atom stereocenters. The monoisotopic (exact) mass is 446 g/mol. The SMILES string of the molecule is CCNC(=NCc1ccc(OC)cc1)NCC(=O)N1CCCC1.I. The molecule has 1 aliphatic rings. The van der Waals surface area contributed by atoms with E-state index in [9.17, 15) is 4.79 Å². The van der Waals surface area contributed by atoms with Crippen molar-refractivity contribution >= 4 is 35.8 Å². The van der Waals surface area contributed by atoms with E-state index >= 15 is 0 Å². The molecule has 6 nitrogen and oxygen atoms in total. The average molecular weight is 446 g/mol. The molecule has 7 heteroatoms. The van der Waals surface area contributed by atoms with Gasteiger partial charge in [-0.1, -0.05) is 12.1 Å². The maximum atomic E-state index is 12.1. The van der Waals surface area contributed by atoms with Gasteiger partial charge in [-0.2, -0.15) is 0 Å². The van der Waals surface area contributed by atoms with Crippen LogP contribution in [0.4, 0.5) is 0 Å². The van der Waals surface area contributed by atoms with Gasteiger partial charge in [0.2, 0.25) is 5.91 Å². The highest BCUT2D eigenvalue weighted by Gasteiger charge is 2.17. The van der Waals surface area contributed by atoms with Crippen molar-refractivity contribution in [3.05, 3.63) is 29.8 Å². The second kappa shape index (κ2) is 11.1. The van der Waals surface area contributed by atoms with Crippen LogP contribution in [0.15, 0.2) is 29.3 Å². The minimum atomic E-state index is 0. The van der Waals surface area contributed by atoms with Gasteiger partial charge in [0.15, 0.2) is 5.96 Å². The van der Waals surface area contributed by atoms with E-state index in [1.807, 2.05) is 36.1 Å². The van der Waals surface area contributed by atoms with E-state index in [4.69, 9.17) is 4.74 Å². The van der Waals surface area contributed by atoms with Crippen LogP contribution in [0.3, 0.4) is 0 Å². The maximum Gasteiger partial charge on any atom is 0.241 e. The van der Waals surface area contributed by atoms with E-state index in [0.717, 1.165) is 43.8 Å². The first-order valence-electron chi connectivity index (χ1n) is 8.16. The lowest BCUT2D eigenvalue weighted by atomic mass is 10.2. The van der Waals surface area contributed by atoms with Gasteiger partial charge in [-0.3, -0.25) is 4.79 Å². The van der Waals surface area contributed by atoms with Crippen molar-refractivity contribution in [1.82, 2.24) is 15.5 Å². The molecule has 2 N–H and O–H groups in total. The fourth-order valence-electron chi connectivity index (χ4n) is 2.48. The number of ether oxygens (including phenoxy) is 1. The van der Waals surface area contributed by atoms with E-state index in [-0.39, 0.29) is 36.4 Å². The lowest BCUT2D eigenvalue weighted by molar-refractivity contribution is -0.128. The number of methoxy groups -OCH3 is 1. The quantitative estimate of drug-likeness (QED) is 0.399. The molecule has 1 fully saturated rings. The van der Waals surface area contributed by atoms with Crippen molar-refractivity contribution in [2.24, 2.45) is 4.99 Å². The Bertz CT molecular complexity index is 528. The van der Waals surface area contributed by atoms with E-state index in [0.29, 0.717) is 12.5 Å². The van der Waals surface area contributed by atoms with Crippen LogP contribution in [-0.2, 0) is 11.3 Å². The molecule has 0 radical (unpaired) electrons. The number of carbonyl (C=O) groups is 1. The van der Waals surface area contributed by atoms with Crippen molar-refractivity contribution < 1.29 is 9.53 Å². The number of aliphatic imine (C=N–C) groups is 1. The molecule has 1 aromatic rings. The predicted molar refractivity (Wildman–Crippen MR) is 107 cm³/mol. The van der Waals surface area contributed by atoms with Crippen molar-refractivity contribution in [3.63, 3.8) is 0 Å². The summed E-state index contributed by atoms with van der Waals surface area (Å²) in [4.78, 5) is 18.5. The molecule has 0 aromatic heterocycles. The van der Waals surface area contributed by atoms with Gasteiger partial charge in [0.05, 0.1) is 20.2 Å². The zero-order valence-corrected chi connectivity index (χ0v) is 16.7. The van der Waals surface area contributed by atoms with Gasteiger partial charge in [0.25, 0.3) is 0 Å². The molecule has 1 aliphatic heterocycles. The minimum Gasteiger partial charge on any atom is -0.497 e. The topological polar surface area (TPSA) is 66.0 Å². The number of likely N-dealkylation sites (tertiary alicyclic amines) is 1. The summed E-state index contributed by atoms with van der Waals surface area (Å²) in [7, 11) is 1.65. The van der Waals surface area contributed by atoms with E-state index in [2.05, 4.69) is 15.6 Å². The van der Waals surface area contributed by atoms with E-state index in [1.165, 1.54) is 0 Å². The standard InChI is InChI=1S/C17H26N4O2.HI/c1-3-18-17(20-13-16(22)21-10-4-5-11-21)19-12-14-6-8-15(23-2)9-7-14;/h6-9H,3-5,10-13H2,1-2H3,(H2,18,19,20);1H. The van der Waals surface area contributed by atoms with Crippen LogP contribution >= 0.6 is 24.0 Å². The summed E-state index contributed by atoms with van der Waals surface area (Å²) >= 11 is 0. The summed E-state index contributed by atoms with van der Waals surface area (Å²) in [6, 6.07) is 7.81. The normalized spacial score (nSPS) is 14.1. The largest absolute Gasteiger partial charge is 0.497 e. The second-order valence-corrected chi connectivity index (χ2v) is 5.48. The maximum absolute atomic E-state index is 12.1. The van der Waals surface area contributed by atoms with Crippen LogP contribution in [0.25, 0.3) is 0 Å². The minimum absolute atomic E-state index is 0. The molecule has 1 aromatic carbocycles. The van der Waals surface area contributed by atoms with Crippen LogP contribution in [0.2, 0.25) is 0 Å². The molecule has 24 heavy (non-hydrogen) atoms. The van der Waals surface area contributed by atoms with Crippen molar-refractivity contribution in [1.29, 1.82) is 0 Å². The molecule has 0 bridgehead atoms. The predicted octanol–water partition coefficient (Wildman–Crippen LogP) is 1.99. The molecule has 0 spiro atoms. The highest BCUT2D eigenvalue weighted by molar-refractivity contribution is 14.0. The summed E-state index contributed by atoms with van der Waals surface area (Å²) in [5, 5.41) is 6.28. The Morgan fingerprint density at radius 3 is 2.46 bits per heavy atom. The van der Waals surface area contributed by atoms with Crippen molar-refractivity contribution in [2.45, 2.75) is 26.3 Å². The molecule has 1 amide bonds. The van der Waals surface area contributed by atoms with Gasteiger partial charge in [-0.25, -0.2) is 4.99 Å². The number of hydrogen-bond acceptors (Lipinski definition) is 3. The van der Waals surface area contributed by atoms with Gasteiger partial charge < -0.3 is 20.3 Å². The molecule has 1 heterocycles. The van der Waals surface area contributed by atoms with Crippen LogP contribution in [0.5, 0.6) is 5.75 Å². The zero-order valence-electron chi connectivity index (χ0n) is 14.4. The van der Waals surface area contributed by atoms with E-state index < -0.39 is 0 Å². The van der Waals surface area contributed by atoms with Gasteiger partial charge in [-0.05, 0) is 37.5 Å². The van der Waals surface area contributed by atoms with Gasteiger partial charge >= 0.3 is 0 Å². The van der Waals surface area contributed by atoms with Gasteiger partial charge in [0.1, 0.15) is 5.75 Å². The Kier molecular flexibility index (Phi) is 9.51. The number of nitrogens with zero attached hydrogens (tertiary/aromatic N) is 2. The third-order valence-corrected chi connectivity index (χ3v) is 3.79.